The van der Waals surface area contributed by atoms with Gasteiger partial charge in [-0.05, 0) is 37.3 Å². The number of hydrogen-bond acceptors (Lipinski definition) is 5. The Labute approximate surface area is 134 Å². The van der Waals surface area contributed by atoms with Gasteiger partial charge in [-0.15, -0.1) is 0 Å². The number of nitro groups is 1. The first-order chi connectivity index (χ1) is 10.5. The van der Waals surface area contributed by atoms with Crippen molar-refractivity contribution in [1.29, 1.82) is 0 Å². The summed E-state index contributed by atoms with van der Waals surface area (Å²) in [5.41, 5.74) is 0.210. The van der Waals surface area contributed by atoms with Gasteiger partial charge in [-0.25, -0.2) is 8.42 Å². The fourth-order valence-electron chi connectivity index (χ4n) is 2.18. The zero-order valence-corrected chi connectivity index (χ0v) is 14.2. The summed E-state index contributed by atoms with van der Waals surface area (Å²) < 4.78 is 27.2. The molecule has 0 aliphatic heterocycles. The second-order valence-electron chi connectivity index (χ2n) is 5.75. The van der Waals surface area contributed by atoms with Crippen molar-refractivity contribution >= 4 is 21.7 Å². The molecular formula is C14H20N2O6S. The average Bonchev–Trinajstić information content (AvgIpc) is 2.39. The van der Waals surface area contributed by atoms with Crippen LogP contribution in [-0.4, -0.2) is 30.5 Å². The number of nitrogens with one attached hydrogen (secondary N) is 1. The molecule has 2 N–H and O–H groups in total. The van der Waals surface area contributed by atoms with E-state index in [0.717, 1.165) is 6.07 Å². The summed E-state index contributed by atoms with van der Waals surface area (Å²) in [6.45, 7) is 6.59. The fraction of sp³-hybridized carbons (Fsp3) is 0.500. The quantitative estimate of drug-likeness (QED) is 0.575. The molecule has 0 saturated heterocycles. The maximum atomic E-state index is 12.5. The third-order valence-corrected chi connectivity index (χ3v) is 5.07. The summed E-state index contributed by atoms with van der Waals surface area (Å²) in [5.74, 6) is -1.39. The van der Waals surface area contributed by atoms with Gasteiger partial charge in [0.05, 0.1) is 4.92 Å². The van der Waals surface area contributed by atoms with Gasteiger partial charge in [0.15, 0.2) is 4.90 Å². The number of aryl methyl sites for hydroxylation is 1. The summed E-state index contributed by atoms with van der Waals surface area (Å²) in [6, 6.07) is 1.21. The molecule has 0 fully saturated rings. The number of carboxylic acids is 1. The highest BCUT2D eigenvalue weighted by molar-refractivity contribution is 7.89. The highest BCUT2D eigenvalue weighted by Gasteiger charge is 2.33. The number of aliphatic carboxylic acids is 1. The number of hydrogen-bond donors (Lipinski definition) is 2. The van der Waals surface area contributed by atoms with Crippen molar-refractivity contribution in [2.24, 2.45) is 5.92 Å². The lowest BCUT2D eigenvalue weighted by molar-refractivity contribution is -0.387. The van der Waals surface area contributed by atoms with Crippen LogP contribution in [0.4, 0.5) is 5.69 Å². The summed E-state index contributed by atoms with van der Waals surface area (Å²) >= 11 is 0. The van der Waals surface area contributed by atoms with E-state index < -0.39 is 37.5 Å². The minimum absolute atomic E-state index is 0.0626. The van der Waals surface area contributed by atoms with E-state index in [0.29, 0.717) is 5.56 Å². The number of sulfonamides is 1. The van der Waals surface area contributed by atoms with Crippen LogP contribution in [0, 0.1) is 29.9 Å². The lowest BCUT2D eigenvalue weighted by Crippen LogP contribution is -2.42. The second kappa shape index (κ2) is 7.05. The van der Waals surface area contributed by atoms with Crippen molar-refractivity contribution in [2.45, 2.75) is 45.1 Å². The predicted molar refractivity (Wildman–Crippen MR) is 83.8 cm³/mol. The lowest BCUT2D eigenvalue weighted by Gasteiger charge is -2.18. The summed E-state index contributed by atoms with van der Waals surface area (Å²) in [6.07, 6.45) is 0.0766. The third kappa shape index (κ3) is 4.49. The first-order valence-corrected chi connectivity index (χ1v) is 8.45. The standard InChI is InChI=1S/C14H20N2O6S/c1-8(2)7-11(14(17)18)15-23(21,22)13-10(4)9(3)5-6-12(13)16(19)20/h5-6,8,11,15H,7H2,1-4H3,(H,17,18). The smallest absolute Gasteiger partial charge is 0.321 e. The van der Waals surface area contributed by atoms with Crippen LogP contribution in [0.25, 0.3) is 0 Å². The molecule has 23 heavy (non-hydrogen) atoms. The number of rotatable bonds is 7. The minimum Gasteiger partial charge on any atom is -0.480 e. The van der Waals surface area contributed by atoms with Gasteiger partial charge in [-0.3, -0.25) is 14.9 Å². The fourth-order valence-corrected chi connectivity index (χ4v) is 3.85. The third-order valence-electron chi connectivity index (χ3n) is 3.42. The molecule has 9 heteroatoms. The molecule has 0 radical (unpaired) electrons. The van der Waals surface area contributed by atoms with E-state index >= 15 is 0 Å². The summed E-state index contributed by atoms with van der Waals surface area (Å²) in [5, 5.41) is 20.3. The minimum atomic E-state index is -4.35. The van der Waals surface area contributed by atoms with Crippen LogP contribution < -0.4 is 4.72 Å². The van der Waals surface area contributed by atoms with Crippen LogP contribution in [0.2, 0.25) is 0 Å². The van der Waals surface area contributed by atoms with Crippen molar-refractivity contribution in [3.63, 3.8) is 0 Å². The van der Waals surface area contributed by atoms with Crippen molar-refractivity contribution in [1.82, 2.24) is 4.72 Å². The molecule has 128 valence electrons. The Morgan fingerprint density at radius 2 is 1.91 bits per heavy atom. The SMILES string of the molecule is Cc1ccc([N+](=O)[O-])c(S(=O)(=O)NC(CC(C)C)C(=O)O)c1C. The molecule has 0 aliphatic carbocycles. The zero-order valence-electron chi connectivity index (χ0n) is 13.4. The predicted octanol–water partition coefficient (Wildman–Crippen LogP) is 1.99. The van der Waals surface area contributed by atoms with Gasteiger partial charge >= 0.3 is 5.97 Å². The van der Waals surface area contributed by atoms with Gasteiger partial charge < -0.3 is 5.11 Å². The maximum absolute atomic E-state index is 12.5. The molecular weight excluding hydrogens is 324 g/mol. The van der Waals surface area contributed by atoms with E-state index in [9.17, 15) is 28.4 Å². The highest BCUT2D eigenvalue weighted by atomic mass is 32.2. The van der Waals surface area contributed by atoms with Crippen LogP contribution in [0.15, 0.2) is 17.0 Å². The van der Waals surface area contributed by atoms with Crippen LogP contribution in [0.5, 0.6) is 0 Å². The van der Waals surface area contributed by atoms with Gasteiger partial charge in [0, 0.05) is 6.07 Å². The van der Waals surface area contributed by atoms with Crippen molar-refractivity contribution in [2.75, 3.05) is 0 Å². The molecule has 0 amide bonds. The molecule has 0 saturated carbocycles. The average molecular weight is 344 g/mol. The largest absolute Gasteiger partial charge is 0.480 e. The molecule has 0 aromatic heterocycles. The molecule has 1 aromatic carbocycles. The van der Waals surface area contributed by atoms with Crippen LogP contribution in [0.1, 0.15) is 31.4 Å². The van der Waals surface area contributed by atoms with Crippen molar-refractivity contribution in [3.05, 3.63) is 33.4 Å². The Hall–Kier alpha value is -2.00. The molecule has 1 rings (SSSR count). The van der Waals surface area contributed by atoms with Gasteiger partial charge in [0.2, 0.25) is 10.0 Å². The Morgan fingerprint density at radius 3 is 2.35 bits per heavy atom. The number of nitrogens with zero attached hydrogens (tertiary/aromatic N) is 1. The van der Waals surface area contributed by atoms with Crippen LogP contribution in [0.3, 0.4) is 0 Å². The Kier molecular flexibility index (Phi) is 5.84. The Morgan fingerprint density at radius 1 is 1.35 bits per heavy atom. The van der Waals surface area contributed by atoms with Gasteiger partial charge in [-0.1, -0.05) is 19.9 Å². The summed E-state index contributed by atoms with van der Waals surface area (Å²) in [4.78, 5) is 21.1. The van der Waals surface area contributed by atoms with Gasteiger partial charge in [-0.2, -0.15) is 4.72 Å². The van der Waals surface area contributed by atoms with E-state index in [1.807, 2.05) is 0 Å². The Bertz CT molecular complexity index is 727. The molecule has 0 bridgehead atoms. The Balaban J connectivity index is 3.41. The summed E-state index contributed by atoms with van der Waals surface area (Å²) in [7, 11) is -4.35. The first-order valence-electron chi connectivity index (χ1n) is 6.97. The van der Waals surface area contributed by atoms with Gasteiger partial charge in [0.1, 0.15) is 6.04 Å². The molecule has 1 unspecified atom stereocenters. The number of carbonyl (C=O) groups is 1. The van der Waals surface area contributed by atoms with Crippen molar-refractivity contribution < 1.29 is 23.2 Å². The first kappa shape index (κ1) is 19.0. The normalized spacial score (nSPS) is 13.1. The molecule has 8 nitrogen and oxygen atoms in total. The lowest BCUT2D eigenvalue weighted by atomic mass is 10.1. The van der Waals surface area contributed by atoms with E-state index in [-0.39, 0.29) is 17.9 Å². The number of benzene rings is 1. The second-order valence-corrected chi connectivity index (χ2v) is 7.41. The molecule has 0 spiro atoms. The van der Waals surface area contributed by atoms with Crippen LogP contribution >= 0.6 is 0 Å². The van der Waals surface area contributed by atoms with E-state index in [1.165, 1.54) is 13.0 Å². The van der Waals surface area contributed by atoms with Crippen molar-refractivity contribution in [3.8, 4) is 0 Å². The van der Waals surface area contributed by atoms with Crippen LogP contribution in [-0.2, 0) is 14.8 Å². The topological polar surface area (TPSA) is 127 Å². The molecule has 0 aliphatic rings. The molecule has 0 heterocycles. The zero-order chi connectivity index (χ0) is 17.9. The number of nitro benzene ring substituents is 1. The monoisotopic (exact) mass is 344 g/mol. The highest BCUT2D eigenvalue weighted by Crippen LogP contribution is 2.29. The maximum Gasteiger partial charge on any atom is 0.321 e. The molecule has 1 aromatic rings. The van der Waals surface area contributed by atoms with E-state index in [2.05, 4.69) is 4.72 Å². The van der Waals surface area contributed by atoms with Gasteiger partial charge in [0.25, 0.3) is 5.69 Å². The molecule has 1 atom stereocenters. The van der Waals surface area contributed by atoms with E-state index in [1.54, 1.807) is 20.8 Å². The van der Waals surface area contributed by atoms with E-state index in [4.69, 9.17) is 0 Å². The number of carboxylic acid groups (broad SMARTS) is 1.